The minimum Gasteiger partial charge on any atom is -0.381 e. The molecule has 0 radical (unpaired) electrons. The highest BCUT2D eigenvalue weighted by molar-refractivity contribution is 5.74. The molecule has 4 nitrogen and oxygen atoms in total. The maximum absolute atomic E-state index is 10.6. The Morgan fingerprint density at radius 2 is 2.12 bits per heavy atom. The molecule has 0 fully saturated rings. The van der Waals surface area contributed by atoms with Gasteiger partial charge in [0.15, 0.2) is 0 Å². The largest absolute Gasteiger partial charge is 0.381 e. The van der Waals surface area contributed by atoms with Crippen molar-refractivity contribution in [1.29, 1.82) is 0 Å². The maximum Gasteiger partial charge on any atom is 0.270 e. The number of nitrogens with one attached hydrogen (secondary N) is 1. The zero-order chi connectivity index (χ0) is 12.8. The number of fused-ring (bicyclic) bond motifs is 1. The molecule has 1 heterocycles. The molecule has 4 heteroatoms. The van der Waals surface area contributed by atoms with Crippen LogP contribution in [0.15, 0.2) is 23.8 Å². The van der Waals surface area contributed by atoms with Gasteiger partial charge >= 0.3 is 0 Å². The Kier molecular flexibility index (Phi) is 4.69. The van der Waals surface area contributed by atoms with Gasteiger partial charge < -0.3 is 5.32 Å². The van der Waals surface area contributed by atoms with Crippen molar-refractivity contribution in [3.8, 4) is 0 Å². The molecule has 1 N–H and O–H groups in total. The SMILES string of the molecule is CC.CCC1=Cc2cc([N+](=O)[O-])ccc2NC1. The van der Waals surface area contributed by atoms with Crippen molar-refractivity contribution in [2.24, 2.45) is 0 Å². The van der Waals surface area contributed by atoms with Gasteiger partial charge in [-0.2, -0.15) is 0 Å². The lowest BCUT2D eigenvalue weighted by Crippen LogP contribution is -2.10. The molecule has 0 saturated carbocycles. The van der Waals surface area contributed by atoms with Gasteiger partial charge in [-0.15, -0.1) is 0 Å². The van der Waals surface area contributed by atoms with Crippen LogP contribution >= 0.6 is 0 Å². The predicted octanol–water partition coefficient (Wildman–Crippen LogP) is 3.84. The number of hydrogen-bond donors (Lipinski definition) is 1. The van der Waals surface area contributed by atoms with Crippen molar-refractivity contribution in [3.63, 3.8) is 0 Å². The number of hydrogen-bond acceptors (Lipinski definition) is 3. The van der Waals surface area contributed by atoms with E-state index in [4.69, 9.17) is 0 Å². The van der Waals surface area contributed by atoms with Crippen LogP contribution in [0.1, 0.15) is 32.8 Å². The van der Waals surface area contributed by atoms with Crippen molar-refractivity contribution in [3.05, 3.63) is 39.4 Å². The Balaban J connectivity index is 0.000000686. The normalized spacial score (nSPS) is 12.5. The lowest BCUT2D eigenvalue weighted by molar-refractivity contribution is -0.384. The molecule has 0 saturated heterocycles. The number of nitro groups is 1. The molecule has 1 aliphatic rings. The van der Waals surface area contributed by atoms with E-state index in [1.165, 1.54) is 11.6 Å². The van der Waals surface area contributed by atoms with Crippen LogP contribution in [0.4, 0.5) is 11.4 Å². The maximum atomic E-state index is 10.6. The number of non-ortho nitro benzene ring substituents is 1. The van der Waals surface area contributed by atoms with E-state index >= 15 is 0 Å². The van der Waals surface area contributed by atoms with E-state index in [1.54, 1.807) is 12.1 Å². The summed E-state index contributed by atoms with van der Waals surface area (Å²) in [6.45, 7) is 6.91. The average Bonchev–Trinajstić information content (AvgIpc) is 2.39. The molecular weight excluding hydrogens is 216 g/mol. The van der Waals surface area contributed by atoms with E-state index in [-0.39, 0.29) is 10.6 Å². The van der Waals surface area contributed by atoms with Crippen LogP contribution in [0.2, 0.25) is 0 Å². The summed E-state index contributed by atoms with van der Waals surface area (Å²) in [5.74, 6) is 0. The first-order valence-electron chi connectivity index (χ1n) is 5.92. The minimum atomic E-state index is -0.367. The Labute approximate surface area is 101 Å². The molecule has 17 heavy (non-hydrogen) atoms. The van der Waals surface area contributed by atoms with Gasteiger partial charge in [0.2, 0.25) is 0 Å². The van der Waals surface area contributed by atoms with E-state index in [1.807, 2.05) is 19.9 Å². The summed E-state index contributed by atoms with van der Waals surface area (Å²) in [6, 6.07) is 4.89. The molecule has 1 aliphatic heterocycles. The Morgan fingerprint density at radius 3 is 2.71 bits per heavy atom. The van der Waals surface area contributed by atoms with E-state index in [2.05, 4.69) is 12.2 Å². The van der Waals surface area contributed by atoms with Crippen molar-refractivity contribution >= 4 is 17.5 Å². The number of rotatable bonds is 2. The van der Waals surface area contributed by atoms with E-state index in [0.29, 0.717) is 0 Å². The molecular formula is C13H18N2O2. The summed E-state index contributed by atoms with van der Waals surface area (Å²) in [5.41, 5.74) is 3.29. The molecule has 1 aromatic rings. The van der Waals surface area contributed by atoms with Gasteiger partial charge in [0, 0.05) is 29.9 Å². The first-order valence-corrected chi connectivity index (χ1v) is 5.92. The van der Waals surface area contributed by atoms with Gasteiger partial charge in [0.05, 0.1) is 4.92 Å². The Morgan fingerprint density at radius 1 is 1.41 bits per heavy atom. The highest BCUT2D eigenvalue weighted by Crippen LogP contribution is 2.28. The van der Waals surface area contributed by atoms with Gasteiger partial charge in [0.1, 0.15) is 0 Å². The van der Waals surface area contributed by atoms with Crippen LogP contribution in [0.3, 0.4) is 0 Å². The zero-order valence-electron chi connectivity index (χ0n) is 10.5. The van der Waals surface area contributed by atoms with E-state index in [0.717, 1.165) is 24.2 Å². The van der Waals surface area contributed by atoms with Crippen LogP contribution in [0, 0.1) is 10.1 Å². The van der Waals surface area contributed by atoms with Gasteiger partial charge in [0.25, 0.3) is 5.69 Å². The van der Waals surface area contributed by atoms with E-state index in [9.17, 15) is 10.1 Å². The summed E-state index contributed by atoms with van der Waals surface area (Å²) in [4.78, 5) is 10.2. The fraction of sp³-hybridized carbons (Fsp3) is 0.385. The van der Waals surface area contributed by atoms with Crippen LogP contribution in [0.5, 0.6) is 0 Å². The first-order chi connectivity index (χ1) is 8.20. The zero-order valence-corrected chi connectivity index (χ0v) is 10.5. The molecule has 0 atom stereocenters. The lowest BCUT2D eigenvalue weighted by Gasteiger charge is -2.17. The van der Waals surface area contributed by atoms with Crippen molar-refractivity contribution in [1.82, 2.24) is 0 Å². The van der Waals surface area contributed by atoms with Crippen LogP contribution in [-0.4, -0.2) is 11.5 Å². The van der Waals surface area contributed by atoms with Crippen LogP contribution in [0.25, 0.3) is 6.08 Å². The van der Waals surface area contributed by atoms with Gasteiger partial charge in [-0.3, -0.25) is 10.1 Å². The first kappa shape index (κ1) is 13.2. The van der Waals surface area contributed by atoms with Crippen LogP contribution in [-0.2, 0) is 0 Å². The third-order valence-corrected chi connectivity index (χ3v) is 2.57. The second-order valence-corrected chi connectivity index (χ2v) is 3.54. The topological polar surface area (TPSA) is 55.2 Å². The molecule has 0 spiro atoms. The number of benzene rings is 1. The molecule has 92 valence electrons. The molecule has 0 aromatic heterocycles. The molecule has 0 aliphatic carbocycles. The number of nitro benzene ring substituents is 1. The van der Waals surface area contributed by atoms with Gasteiger partial charge in [-0.05, 0) is 12.5 Å². The highest BCUT2D eigenvalue weighted by Gasteiger charge is 2.12. The third kappa shape index (κ3) is 3.06. The Hall–Kier alpha value is -1.84. The van der Waals surface area contributed by atoms with E-state index < -0.39 is 0 Å². The second-order valence-electron chi connectivity index (χ2n) is 3.54. The minimum absolute atomic E-state index is 0.143. The lowest BCUT2D eigenvalue weighted by atomic mass is 10.0. The molecule has 0 amide bonds. The standard InChI is InChI=1S/C11H12N2O2.C2H6/c1-2-8-5-9-6-10(13(14)15)3-4-11(9)12-7-8;1-2/h3-6,12H,2,7H2,1H3;1-2H3. The molecule has 0 unspecified atom stereocenters. The number of nitrogens with zero attached hydrogens (tertiary/aromatic N) is 1. The second kappa shape index (κ2) is 6.03. The van der Waals surface area contributed by atoms with Gasteiger partial charge in [-0.25, -0.2) is 0 Å². The van der Waals surface area contributed by atoms with Crippen molar-refractivity contribution in [2.75, 3.05) is 11.9 Å². The van der Waals surface area contributed by atoms with Crippen molar-refractivity contribution in [2.45, 2.75) is 27.2 Å². The average molecular weight is 234 g/mol. The smallest absolute Gasteiger partial charge is 0.270 e. The highest BCUT2D eigenvalue weighted by atomic mass is 16.6. The fourth-order valence-electron chi connectivity index (χ4n) is 1.65. The third-order valence-electron chi connectivity index (χ3n) is 2.57. The molecule has 0 bridgehead atoms. The summed E-state index contributed by atoms with van der Waals surface area (Å²) in [5, 5.41) is 13.8. The Bertz CT molecular complexity index is 439. The summed E-state index contributed by atoms with van der Waals surface area (Å²) in [7, 11) is 0. The fourth-order valence-corrected chi connectivity index (χ4v) is 1.65. The summed E-state index contributed by atoms with van der Waals surface area (Å²) >= 11 is 0. The quantitative estimate of drug-likeness (QED) is 0.624. The molecule has 1 aromatic carbocycles. The monoisotopic (exact) mass is 234 g/mol. The van der Waals surface area contributed by atoms with Gasteiger partial charge in [-0.1, -0.05) is 32.4 Å². The van der Waals surface area contributed by atoms with Crippen LogP contribution < -0.4 is 5.32 Å². The molecule has 2 rings (SSSR count). The predicted molar refractivity (Wildman–Crippen MR) is 71.2 cm³/mol. The number of anilines is 1. The summed E-state index contributed by atoms with van der Waals surface area (Å²) < 4.78 is 0. The van der Waals surface area contributed by atoms with Crippen molar-refractivity contribution < 1.29 is 4.92 Å². The summed E-state index contributed by atoms with van der Waals surface area (Å²) in [6.07, 6.45) is 2.99.